The molecule has 0 unspecified atom stereocenters. The first-order valence-corrected chi connectivity index (χ1v) is 9.32. The normalized spacial score (nSPS) is 16.7. The molecule has 0 saturated carbocycles. The van der Waals surface area contributed by atoms with E-state index >= 15 is 0 Å². The van der Waals surface area contributed by atoms with Crippen LogP contribution in [0.15, 0.2) is 47.4 Å². The molecule has 1 aliphatic rings. The Hall–Kier alpha value is -1.16. The SMILES string of the molecule is O=C(CSc1cc(Cl)ccc1Cl)N[C@@H]1CCCc2ccccc21. The quantitative estimate of drug-likeness (QED) is 0.746. The van der Waals surface area contributed by atoms with Gasteiger partial charge in [0.2, 0.25) is 5.91 Å². The Labute approximate surface area is 150 Å². The lowest BCUT2D eigenvalue weighted by Crippen LogP contribution is -2.32. The third-order valence-electron chi connectivity index (χ3n) is 3.96. The Morgan fingerprint density at radius 2 is 2.04 bits per heavy atom. The molecule has 0 aliphatic heterocycles. The molecule has 2 aromatic carbocycles. The lowest BCUT2D eigenvalue weighted by Gasteiger charge is -2.26. The van der Waals surface area contributed by atoms with Gasteiger partial charge in [-0.3, -0.25) is 4.79 Å². The summed E-state index contributed by atoms with van der Waals surface area (Å²) < 4.78 is 0. The molecule has 3 rings (SSSR count). The molecule has 2 aromatic rings. The van der Waals surface area contributed by atoms with E-state index in [-0.39, 0.29) is 11.9 Å². The predicted molar refractivity (Wildman–Crippen MR) is 97.4 cm³/mol. The van der Waals surface area contributed by atoms with Crippen LogP contribution in [0, 0.1) is 0 Å². The smallest absolute Gasteiger partial charge is 0.230 e. The number of aryl methyl sites for hydroxylation is 1. The van der Waals surface area contributed by atoms with E-state index in [4.69, 9.17) is 23.2 Å². The number of benzene rings is 2. The third kappa shape index (κ3) is 4.23. The fraction of sp³-hybridized carbons (Fsp3) is 0.278. The summed E-state index contributed by atoms with van der Waals surface area (Å²) in [7, 11) is 0. The van der Waals surface area contributed by atoms with Gasteiger partial charge in [-0.05, 0) is 48.6 Å². The molecule has 0 saturated heterocycles. The molecule has 0 fully saturated rings. The number of hydrogen-bond donors (Lipinski definition) is 1. The van der Waals surface area contributed by atoms with Crippen molar-refractivity contribution in [3.63, 3.8) is 0 Å². The highest BCUT2D eigenvalue weighted by molar-refractivity contribution is 8.00. The van der Waals surface area contributed by atoms with E-state index in [0.29, 0.717) is 15.8 Å². The first-order valence-electron chi connectivity index (χ1n) is 7.58. The summed E-state index contributed by atoms with van der Waals surface area (Å²) in [5, 5.41) is 4.39. The summed E-state index contributed by atoms with van der Waals surface area (Å²) >= 11 is 13.5. The molecule has 0 spiro atoms. The Bertz CT molecular complexity index is 720. The lowest BCUT2D eigenvalue weighted by atomic mass is 9.88. The van der Waals surface area contributed by atoms with Gasteiger partial charge in [0.1, 0.15) is 0 Å². The average molecular weight is 366 g/mol. The Balaban J connectivity index is 1.61. The average Bonchev–Trinajstić information content (AvgIpc) is 2.56. The standard InChI is InChI=1S/C18H17Cl2NOS/c19-13-8-9-15(20)17(10-13)23-11-18(22)21-16-7-3-5-12-4-1-2-6-14(12)16/h1-2,4,6,8-10,16H,3,5,7,11H2,(H,21,22)/t16-/m1/s1. The number of halogens is 2. The molecule has 0 aromatic heterocycles. The van der Waals surface area contributed by atoms with E-state index in [1.54, 1.807) is 18.2 Å². The Morgan fingerprint density at radius 3 is 2.91 bits per heavy atom. The number of amides is 1. The number of hydrogen-bond acceptors (Lipinski definition) is 2. The van der Waals surface area contributed by atoms with Crippen LogP contribution in [-0.4, -0.2) is 11.7 Å². The van der Waals surface area contributed by atoms with Gasteiger partial charge < -0.3 is 5.32 Å². The molecule has 0 heterocycles. The molecule has 5 heteroatoms. The molecule has 1 amide bonds. The van der Waals surface area contributed by atoms with Gasteiger partial charge in [-0.1, -0.05) is 47.5 Å². The maximum absolute atomic E-state index is 12.3. The first-order chi connectivity index (χ1) is 11.1. The molecule has 0 bridgehead atoms. The number of carbonyl (C=O) groups excluding carboxylic acids is 1. The fourth-order valence-electron chi connectivity index (χ4n) is 2.87. The van der Waals surface area contributed by atoms with E-state index in [1.165, 1.54) is 22.9 Å². The van der Waals surface area contributed by atoms with Gasteiger partial charge in [0.05, 0.1) is 16.8 Å². The van der Waals surface area contributed by atoms with Crippen LogP contribution in [0.25, 0.3) is 0 Å². The zero-order chi connectivity index (χ0) is 16.2. The van der Waals surface area contributed by atoms with Crippen molar-refractivity contribution in [3.8, 4) is 0 Å². The van der Waals surface area contributed by atoms with Crippen molar-refractivity contribution in [2.45, 2.75) is 30.2 Å². The van der Waals surface area contributed by atoms with E-state index in [1.807, 2.05) is 6.07 Å². The molecular weight excluding hydrogens is 349 g/mol. The third-order valence-corrected chi connectivity index (χ3v) is 5.69. The number of rotatable bonds is 4. The van der Waals surface area contributed by atoms with Gasteiger partial charge in [-0.25, -0.2) is 0 Å². The van der Waals surface area contributed by atoms with Gasteiger partial charge >= 0.3 is 0 Å². The molecule has 23 heavy (non-hydrogen) atoms. The molecule has 1 aliphatic carbocycles. The van der Waals surface area contributed by atoms with Gasteiger partial charge in [0.25, 0.3) is 0 Å². The van der Waals surface area contributed by atoms with E-state index in [0.717, 1.165) is 24.2 Å². The number of thioether (sulfide) groups is 1. The number of nitrogens with one attached hydrogen (secondary N) is 1. The van der Waals surface area contributed by atoms with E-state index in [2.05, 4.69) is 23.5 Å². The maximum Gasteiger partial charge on any atom is 0.230 e. The molecule has 120 valence electrons. The summed E-state index contributed by atoms with van der Waals surface area (Å²) in [6.07, 6.45) is 3.19. The van der Waals surface area contributed by atoms with E-state index < -0.39 is 0 Å². The van der Waals surface area contributed by atoms with Crippen molar-refractivity contribution in [2.75, 3.05) is 5.75 Å². The second kappa shape index (κ2) is 7.61. The van der Waals surface area contributed by atoms with Crippen molar-refractivity contribution in [1.82, 2.24) is 5.32 Å². The van der Waals surface area contributed by atoms with Crippen LogP contribution in [0.5, 0.6) is 0 Å². The van der Waals surface area contributed by atoms with Crippen LogP contribution in [0.2, 0.25) is 10.0 Å². The fourth-order valence-corrected chi connectivity index (χ4v) is 4.18. The Kier molecular flexibility index (Phi) is 5.52. The first kappa shape index (κ1) is 16.7. The molecule has 1 N–H and O–H groups in total. The summed E-state index contributed by atoms with van der Waals surface area (Å²) in [6.45, 7) is 0. The van der Waals surface area contributed by atoms with Crippen molar-refractivity contribution in [1.29, 1.82) is 0 Å². The minimum absolute atomic E-state index is 0.0211. The van der Waals surface area contributed by atoms with Gasteiger partial charge in [0, 0.05) is 9.92 Å². The minimum Gasteiger partial charge on any atom is -0.349 e. The van der Waals surface area contributed by atoms with Crippen LogP contribution in [0.4, 0.5) is 0 Å². The highest BCUT2D eigenvalue weighted by Gasteiger charge is 2.21. The van der Waals surface area contributed by atoms with E-state index in [9.17, 15) is 4.79 Å². The summed E-state index contributed by atoms with van der Waals surface area (Å²) in [5.74, 6) is 0.353. The highest BCUT2D eigenvalue weighted by atomic mass is 35.5. The zero-order valence-electron chi connectivity index (χ0n) is 12.5. The molecular formula is C18H17Cl2NOS. The van der Waals surface area contributed by atoms with Crippen LogP contribution >= 0.6 is 35.0 Å². The summed E-state index contributed by atoms with van der Waals surface area (Å²) in [4.78, 5) is 13.1. The van der Waals surface area contributed by atoms with Gasteiger partial charge in [0.15, 0.2) is 0 Å². The largest absolute Gasteiger partial charge is 0.349 e. The monoisotopic (exact) mass is 365 g/mol. The lowest BCUT2D eigenvalue weighted by molar-refractivity contribution is -0.119. The van der Waals surface area contributed by atoms with Crippen LogP contribution in [-0.2, 0) is 11.2 Å². The van der Waals surface area contributed by atoms with Crippen LogP contribution in [0.1, 0.15) is 30.0 Å². The summed E-state index contributed by atoms with van der Waals surface area (Å²) in [6, 6.07) is 13.7. The van der Waals surface area contributed by atoms with Gasteiger partial charge in [-0.15, -0.1) is 11.8 Å². The summed E-state index contributed by atoms with van der Waals surface area (Å²) in [5.41, 5.74) is 2.59. The highest BCUT2D eigenvalue weighted by Crippen LogP contribution is 2.31. The number of carbonyl (C=O) groups is 1. The predicted octanol–water partition coefficient (Wildman–Crippen LogP) is 5.28. The zero-order valence-corrected chi connectivity index (χ0v) is 14.8. The Morgan fingerprint density at radius 1 is 1.22 bits per heavy atom. The topological polar surface area (TPSA) is 29.1 Å². The molecule has 0 radical (unpaired) electrons. The van der Waals surface area contributed by atoms with Crippen molar-refractivity contribution >= 4 is 40.9 Å². The molecule has 1 atom stereocenters. The van der Waals surface area contributed by atoms with Crippen molar-refractivity contribution in [3.05, 3.63) is 63.6 Å². The van der Waals surface area contributed by atoms with Crippen molar-refractivity contribution < 1.29 is 4.79 Å². The number of fused-ring (bicyclic) bond motifs is 1. The second-order valence-electron chi connectivity index (χ2n) is 5.57. The van der Waals surface area contributed by atoms with Crippen LogP contribution in [0.3, 0.4) is 0 Å². The maximum atomic E-state index is 12.3. The second-order valence-corrected chi connectivity index (χ2v) is 7.44. The molecule has 2 nitrogen and oxygen atoms in total. The van der Waals surface area contributed by atoms with Crippen LogP contribution < -0.4 is 5.32 Å². The van der Waals surface area contributed by atoms with Crippen molar-refractivity contribution in [2.24, 2.45) is 0 Å². The minimum atomic E-state index is 0.0211. The van der Waals surface area contributed by atoms with Gasteiger partial charge in [-0.2, -0.15) is 0 Å².